The highest BCUT2D eigenvalue weighted by Gasteiger charge is 2.29. The van der Waals surface area contributed by atoms with Gasteiger partial charge in [-0.05, 0) is 63.3 Å². The fourth-order valence-electron chi connectivity index (χ4n) is 4.71. The maximum atomic E-state index is 5.84. The molecule has 0 bridgehead atoms. The molecule has 0 aromatic rings. The molecule has 4 unspecified atom stereocenters. The van der Waals surface area contributed by atoms with E-state index in [-0.39, 0.29) is 0 Å². The summed E-state index contributed by atoms with van der Waals surface area (Å²) in [5, 5.41) is 0. The van der Waals surface area contributed by atoms with Crippen LogP contribution in [0, 0.1) is 11.8 Å². The summed E-state index contributed by atoms with van der Waals surface area (Å²) >= 11 is 0. The summed E-state index contributed by atoms with van der Waals surface area (Å²) < 4.78 is 0. The van der Waals surface area contributed by atoms with E-state index >= 15 is 0 Å². The molecule has 148 valence electrons. The van der Waals surface area contributed by atoms with E-state index in [4.69, 9.17) is 15.5 Å². The van der Waals surface area contributed by atoms with Crippen molar-refractivity contribution in [2.45, 2.75) is 122 Å². The topological polar surface area (TPSA) is 44.5 Å². The Hall–Kier alpha value is -0.120. The first kappa shape index (κ1) is 21.2. The molecule has 2 rings (SSSR count). The van der Waals surface area contributed by atoms with Crippen molar-refractivity contribution in [1.82, 2.24) is 0 Å². The average Bonchev–Trinajstić information content (AvgIpc) is 3.26. The molecule has 2 N–H and O–H groups in total. The van der Waals surface area contributed by atoms with Crippen LogP contribution in [0.3, 0.4) is 0 Å². The van der Waals surface area contributed by atoms with Crippen LogP contribution in [0.4, 0.5) is 0 Å². The minimum atomic E-state index is 0.359. The van der Waals surface area contributed by atoms with Gasteiger partial charge in [-0.15, -0.1) is 0 Å². The number of rotatable bonds is 14. The second kappa shape index (κ2) is 13.1. The van der Waals surface area contributed by atoms with Gasteiger partial charge in [0.15, 0.2) is 0 Å². The Kier molecular flexibility index (Phi) is 11.1. The molecule has 4 atom stereocenters. The summed E-state index contributed by atoms with van der Waals surface area (Å²) in [6.45, 7) is 3.13. The first-order chi connectivity index (χ1) is 12.3. The largest absolute Gasteiger partial charge is 0.330 e. The van der Waals surface area contributed by atoms with Gasteiger partial charge in [0, 0.05) is 0 Å². The number of nitrogens with two attached hydrogens (primary N) is 1. The summed E-state index contributed by atoms with van der Waals surface area (Å²) in [5.41, 5.74) is 5.55. The van der Waals surface area contributed by atoms with Gasteiger partial charge >= 0.3 is 0 Å². The third-order valence-corrected chi connectivity index (χ3v) is 6.35. The van der Waals surface area contributed by atoms with Crippen molar-refractivity contribution in [2.75, 3.05) is 6.54 Å². The summed E-state index contributed by atoms with van der Waals surface area (Å²) in [7, 11) is 0. The van der Waals surface area contributed by atoms with E-state index in [1.807, 2.05) is 0 Å². The van der Waals surface area contributed by atoms with Gasteiger partial charge in [0.05, 0.1) is 12.2 Å². The van der Waals surface area contributed by atoms with Crippen molar-refractivity contribution in [3.63, 3.8) is 0 Å². The molecule has 2 fully saturated rings. The van der Waals surface area contributed by atoms with Gasteiger partial charge in [-0.25, -0.2) is 9.78 Å². The summed E-state index contributed by atoms with van der Waals surface area (Å²) in [4.78, 5) is 11.7. The smallest absolute Gasteiger partial charge is 0.0932 e. The molecule has 2 aliphatic carbocycles. The van der Waals surface area contributed by atoms with Crippen molar-refractivity contribution in [1.29, 1.82) is 0 Å². The van der Waals surface area contributed by atoms with Crippen LogP contribution >= 0.6 is 0 Å². The monoisotopic (exact) mass is 353 g/mol. The van der Waals surface area contributed by atoms with Gasteiger partial charge in [-0.2, -0.15) is 0 Å². The van der Waals surface area contributed by atoms with E-state index in [2.05, 4.69) is 6.92 Å². The van der Waals surface area contributed by atoms with E-state index in [0.29, 0.717) is 12.2 Å². The zero-order valence-corrected chi connectivity index (χ0v) is 16.7. The van der Waals surface area contributed by atoms with E-state index in [0.717, 1.165) is 18.4 Å². The third kappa shape index (κ3) is 8.88. The van der Waals surface area contributed by atoms with E-state index in [1.165, 1.54) is 103 Å². The van der Waals surface area contributed by atoms with Crippen molar-refractivity contribution in [3.8, 4) is 0 Å². The Morgan fingerprint density at radius 1 is 0.680 bits per heavy atom. The maximum absolute atomic E-state index is 5.84. The lowest BCUT2D eigenvalue weighted by Crippen LogP contribution is -2.16. The van der Waals surface area contributed by atoms with Gasteiger partial charge in [0.2, 0.25) is 0 Å². The fourth-order valence-corrected chi connectivity index (χ4v) is 4.71. The zero-order chi connectivity index (χ0) is 17.7. The predicted molar refractivity (Wildman–Crippen MR) is 105 cm³/mol. The van der Waals surface area contributed by atoms with Gasteiger partial charge < -0.3 is 5.73 Å². The summed E-state index contributed by atoms with van der Waals surface area (Å²) in [6, 6.07) is 0. The lowest BCUT2D eigenvalue weighted by atomic mass is 9.99. The second-order valence-electron chi connectivity index (χ2n) is 8.64. The summed E-state index contributed by atoms with van der Waals surface area (Å²) in [5.74, 6) is 1.75. The number of hydrogen-bond donors (Lipinski definition) is 1. The number of unbranched alkanes of at least 4 members (excludes halogenated alkanes) is 6. The molecule has 0 saturated heterocycles. The van der Waals surface area contributed by atoms with Gasteiger partial charge in [0.1, 0.15) is 0 Å². The molecule has 0 aromatic heterocycles. The molecule has 2 saturated carbocycles. The predicted octanol–water partition coefficient (Wildman–Crippen LogP) is 6.15. The third-order valence-electron chi connectivity index (χ3n) is 6.35. The van der Waals surface area contributed by atoms with E-state index in [9.17, 15) is 0 Å². The molecular formula is C22H43NO2. The molecule has 0 amide bonds. The molecule has 0 aliphatic heterocycles. The number of hydrogen-bond acceptors (Lipinski definition) is 3. The molecule has 0 spiro atoms. The Labute approximate surface area is 156 Å². The minimum Gasteiger partial charge on any atom is -0.330 e. The highest BCUT2D eigenvalue weighted by molar-refractivity contribution is 4.77. The lowest BCUT2D eigenvalue weighted by Gasteiger charge is -2.16. The van der Waals surface area contributed by atoms with Crippen LogP contribution in [-0.2, 0) is 9.78 Å². The normalized spacial score (nSPS) is 29.5. The maximum Gasteiger partial charge on any atom is 0.0932 e. The lowest BCUT2D eigenvalue weighted by molar-refractivity contribution is -0.349. The van der Waals surface area contributed by atoms with Crippen molar-refractivity contribution in [2.24, 2.45) is 17.6 Å². The highest BCUT2D eigenvalue weighted by atomic mass is 17.2. The van der Waals surface area contributed by atoms with E-state index < -0.39 is 0 Å². The standard InChI is InChI=1S/C22H43NO2/c1-2-3-4-7-10-19-12-14-21(17-19)24-25-22-15-13-20(18-22)11-8-5-6-9-16-23/h19-22H,2-18,23H2,1H3. The van der Waals surface area contributed by atoms with Gasteiger partial charge in [-0.3, -0.25) is 0 Å². The Morgan fingerprint density at radius 2 is 1.20 bits per heavy atom. The van der Waals surface area contributed by atoms with Crippen LogP contribution in [0.2, 0.25) is 0 Å². The fraction of sp³-hybridized carbons (Fsp3) is 1.00. The van der Waals surface area contributed by atoms with E-state index in [1.54, 1.807) is 0 Å². The van der Waals surface area contributed by atoms with Gasteiger partial charge in [0.25, 0.3) is 0 Å². The Bertz CT molecular complexity index is 323. The molecule has 0 radical (unpaired) electrons. The van der Waals surface area contributed by atoms with Crippen LogP contribution in [0.5, 0.6) is 0 Å². The van der Waals surface area contributed by atoms with Crippen molar-refractivity contribution < 1.29 is 9.78 Å². The quantitative estimate of drug-likeness (QED) is 0.231. The SMILES string of the molecule is CCCCCCC1CCC(OOC2CCC(CCCCCCN)C2)C1. The Balaban J connectivity index is 1.47. The van der Waals surface area contributed by atoms with Crippen LogP contribution < -0.4 is 5.73 Å². The first-order valence-electron chi connectivity index (χ1n) is 11.3. The zero-order valence-electron chi connectivity index (χ0n) is 16.7. The molecule has 25 heavy (non-hydrogen) atoms. The average molecular weight is 354 g/mol. The molecule has 0 heterocycles. The van der Waals surface area contributed by atoms with Crippen molar-refractivity contribution in [3.05, 3.63) is 0 Å². The minimum absolute atomic E-state index is 0.359. The van der Waals surface area contributed by atoms with Gasteiger partial charge in [-0.1, -0.05) is 64.7 Å². The van der Waals surface area contributed by atoms with Crippen LogP contribution in [0.15, 0.2) is 0 Å². The molecule has 3 nitrogen and oxygen atoms in total. The van der Waals surface area contributed by atoms with Crippen LogP contribution in [0.1, 0.15) is 110 Å². The highest BCUT2D eigenvalue weighted by Crippen LogP contribution is 2.35. The molecule has 2 aliphatic rings. The molecular weight excluding hydrogens is 310 g/mol. The second-order valence-corrected chi connectivity index (χ2v) is 8.64. The summed E-state index contributed by atoms with van der Waals surface area (Å²) in [6.07, 6.45) is 21.7. The Morgan fingerprint density at radius 3 is 1.72 bits per heavy atom. The first-order valence-corrected chi connectivity index (χ1v) is 11.3. The van der Waals surface area contributed by atoms with Crippen LogP contribution in [-0.4, -0.2) is 18.8 Å². The van der Waals surface area contributed by atoms with Crippen LogP contribution in [0.25, 0.3) is 0 Å². The van der Waals surface area contributed by atoms with Crippen molar-refractivity contribution >= 4 is 0 Å². The molecule has 3 heteroatoms. The molecule has 0 aromatic carbocycles.